The van der Waals surface area contributed by atoms with E-state index in [-0.39, 0.29) is 0 Å². The number of aromatic nitrogens is 1. The van der Waals surface area contributed by atoms with Crippen LogP contribution < -0.4 is 5.32 Å². The predicted octanol–water partition coefficient (Wildman–Crippen LogP) is 1.89. The summed E-state index contributed by atoms with van der Waals surface area (Å²) < 4.78 is 4.19. The van der Waals surface area contributed by atoms with Gasteiger partial charge < -0.3 is 5.32 Å². The summed E-state index contributed by atoms with van der Waals surface area (Å²) in [7, 11) is 0. The molecule has 62 valence electrons. The van der Waals surface area contributed by atoms with Crippen LogP contribution in [0.15, 0.2) is 11.4 Å². The second-order valence-corrected chi connectivity index (χ2v) is 3.68. The second kappa shape index (κ2) is 4.46. The van der Waals surface area contributed by atoms with Crippen molar-refractivity contribution in [2.45, 2.75) is 20.4 Å². The van der Waals surface area contributed by atoms with E-state index in [1.165, 1.54) is 11.5 Å². The molecular weight excluding hydrogens is 156 g/mol. The van der Waals surface area contributed by atoms with E-state index < -0.39 is 0 Å². The van der Waals surface area contributed by atoms with Gasteiger partial charge in [0.1, 0.15) is 0 Å². The third-order valence-electron chi connectivity index (χ3n) is 1.35. The van der Waals surface area contributed by atoms with Gasteiger partial charge in [-0.15, -0.1) is 0 Å². The fraction of sp³-hybridized carbons (Fsp3) is 0.625. The molecule has 0 aliphatic carbocycles. The lowest BCUT2D eigenvalue weighted by molar-refractivity contribution is 0.549. The summed E-state index contributed by atoms with van der Waals surface area (Å²) in [6.45, 7) is 6.38. The number of nitrogens with zero attached hydrogens (tertiary/aromatic N) is 1. The molecule has 0 atom stereocenters. The van der Waals surface area contributed by atoms with Gasteiger partial charge in [-0.05, 0) is 30.1 Å². The van der Waals surface area contributed by atoms with Crippen LogP contribution in [0.3, 0.4) is 0 Å². The molecule has 0 fully saturated rings. The van der Waals surface area contributed by atoms with E-state index in [0.717, 1.165) is 18.8 Å². The zero-order chi connectivity index (χ0) is 8.10. The molecule has 1 aromatic rings. The smallest absolute Gasteiger partial charge is 0.0680 e. The van der Waals surface area contributed by atoms with E-state index in [2.05, 4.69) is 29.6 Å². The standard InChI is InChI=1S/C8H14N2S/c1-7(2)5-9-6-8-3-4-11-10-8/h3-4,7,9H,5-6H2,1-2H3. The van der Waals surface area contributed by atoms with Crippen LogP contribution in [0.5, 0.6) is 0 Å². The molecule has 2 nitrogen and oxygen atoms in total. The van der Waals surface area contributed by atoms with Crippen molar-refractivity contribution in [3.63, 3.8) is 0 Å². The van der Waals surface area contributed by atoms with E-state index in [1.54, 1.807) is 0 Å². The highest BCUT2D eigenvalue weighted by Gasteiger charge is 1.95. The van der Waals surface area contributed by atoms with Gasteiger partial charge in [0.25, 0.3) is 0 Å². The summed E-state index contributed by atoms with van der Waals surface area (Å²) in [4.78, 5) is 0. The number of nitrogens with one attached hydrogen (secondary N) is 1. The first-order valence-electron chi connectivity index (χ1n) is 3.89. The molecular formula is C8H14N2S. The summed E-state index contributed by atoms with van der Waals surface area (Å²) in [5.41, 5.74) is 1.15. The molecule has 1 N–H and O–H groups in total. The molecule has 1 rings (SSSR count). The Morgan fingerprint density at radius 2 is 2.45 bits per heavy atom. The average Bonchev–Trinajstić information content (AvgIpc) is 2.39. The molecule has 1 aromatic heterocycles. The summed E-state index contributed by atoms with van der Waals surface area (Å²) in [5, 5.41) is 5.34. The van der Waals surface area contributed by atoms with Crippen LogP contribution >= 0.6 is 11.5 Å². The maximum atomic E-state index is 4.19. The van der Waals surface area contributed by atoms with Crippen LogP contribution in [0.1, 0.15) is 19.5 Å². The lowest BCUT2D eigenvalue weighted by Crippen LogP contribution is -2.18. The molecule has 0 aromatic carbocycles. The van der Waals surface area contributed by atoms with Crippen molar-refractivity contribution in [3.05, 3.63) is 17.1 Å². The highest BCUT2D eigenvalue weighted by Crippen LogP contribution is 1.98. The van der Waals surface area contributed by atoms with Crippen LogP contribution in [0.4, 0.5) is 0 Å². The third-order valence-corrected chi connectivity index (χ3v) is 1.95. The van der Waals surface area contributed by atoms with Gasteiger partial charge >= 0.3 is 0 Å². The molecule has 0 aliphatic heterocycles. The van der Waals surface area contributed by atoms with Gasteiger partial charge in [-0.1, -0.05) is 13.8 Å². The molecule has 0 saturated carbocycles. The minimum Gasteiger partial charge on any atom is -0.311 e. The monoisotopic (exact) mass is 170 g/mol. The average molecular weight is 170 g/mol. The normalized spacial score (nSPS) is 10.8. The van der Waals surface area contributed by atoms with Crippen molar-refractivity contribution in [3.8, 4) is 0 Å². The summed E-state index contributed by atoms with van der Waals surface area (Å²) in [5.74, 6) is 0.716. The first-order valence-corrected chi connectivity index (χ1v) is 4.72. The maximum absolute atomic E-state index is 4.19. The van der Waals surface area contributed by atoms with Crippen molar-refractivity contribution in [1.29, 1.82) is 0 Å². The van der Waals surface area contributed by atoms with E-state index in [0.29, 0.717) is 5.92 Å². The highest BCUT2D eigenvalue weighted by atomic mass is 32.1. The predicted molar refractivity (Wildman–Crippen MR) is 48.7 cm³/mol. The van der Waals surface area contributed by atoms with E-state index in [1.807, 2.05) is 5.38 Å². The quantitative estimate of drug-likeness (QED) is 0.746. The molecule has 0 bridgehead atoms. The van der Waals surface area contributed by atoms with E-state index >= 15 is 0 Å². The Morgan fingerprint density at radius 3 is 3.00 bits per heavy atom. The van der Waals surface area contributed by atoms with Gasteiger partial charge in [0, 0.05) is 11.9 Å². The summed E-state index contributed by atoms with van der Waals surface area (Å²) in [6.07, 6.45) is 0. The lowest BCUT2D eigenvalue weighted by Gasteiger charge is -2.04. The maximum Gasteiger partial charge on any atom is 0.0680 e. The Hall–Kier alpha value is -0.410. The first kappa shape index (κ1) is 8.68. The van der Waals surface area contributed by atoms with Gasteiger partial charge in [-0.2, -0.15) is 4.37 Å². The van der Waals surface area contributed by atoms with Crippen LogP contribution in [-0.4, -0.2) is 10.9 Å². The van der Waals surface area contributed by atoms with Crippen LogP contribution in [0.25, 0.3) is 0 Å². The van der Waals surface area contributed by atoms with Crippen LogP contribution in [0, 0.1) is 5.92 Å². The molecule has 0 radical (unpaired) electrons. The molecule has 0 aliphatic rings. The largest absolute Gasteiger partial charge is 0.311 e. The molecule has 0 spiro atoms. The first-order chi connectivity index (χ1) is 5.29. The van der Waals surface area contributed by atoms with Crippen LogP contribution in [-0.2, 0) is 6.54 Å². The lowest BCUT2D eigenvalue weighted by atomic mass is 10.2. The van der Waals surface area contributed by atoms with Gasteiger partial charge in [0.05, 0.1) is 5.69 Å². The zero-order valence-electron chi connectivity index (χ0n) is 7.00. The topological polar surface area (TPSA) is 24.9 Å². The third kappa shape index (κ3) is 3.49. The molecule has 1 heterocycles. The van der Waals surface area contributed by atoms with Crippen molar-refractivity contribution in [1.82, 2.24) is 9.69 Å². The van der Waals surface area contributed by atoms with Crippen molar-refractivity contribution in [2.24, 2.45) is 5.92 Å². The van der Waals surface area contributed by atoms with Gasteiger partial charge in [-0.25, -0.2) is 0 Å². The minimum absolute atomic E-state index is 0.716. The van der Waals surface area contributed by atoms with E-state index in [9.17, 15) is 0 Å². The fourth-order valence-electron chi connectivity index (χ4n) is 0.818. The number of rotatable bonds is 4. The summed E-state index contributed by atoms with van der Waals surface area (Å²) >= 11 is 1.51. The van der Waals surface area contributed by atoms with Crippen LogP contribution in [0.2, 0.25) is 0 Å². The Kier molecular flexibility index (Phi) is 3.52. The van der Waals surface area contributed by atoms with E-state index in [4.69, 9.17) is 0 Å². The van der Waals surface area contributed by atoms with Crippen molar-refractivity contribution in [2.75, 3.05) is 6.54 Å². The Bertz CT molecular complexity index is 182. The molecule has 11 heavy (non-hydrogen) atoms. The Balaban J connectivity index is 2.14. The summed E-state index contributed by atoms with van der Waals surface area (Å²) in [6, 6.07) is 2.05. The van der Waals surface area contributed by atoms with Crippen molar-refractivity contribution >= 4 is 11.5 Å². The fourth-order valence-corrected chi connectivity index (χ4v) is 1.36. The van der Waals surface area contributed by atoms with Crippen molar-refractivity contribution < 1.29 is 0 Å². The Morgan fingerprint density at radius 1 is 1.64 bits per heavy atom. The number of hydrogen-bond donors (Lipinski definition) is 1. The number of hydrogen-bond acceptors (Lipinski definition) is 3. The molecule has 0 amide bonds. The van der Waals surface area contributed by atoms with Gasteiger partial charge in [0.15, 0.2) is 0 Å². The van der Waals surface area contributed by atoms with Gasteiger partial charge in [0.2, 0.25) is 0 Å². The Labute approximate surface area is 71.8 Å². The highest BCUT2D eigenvalue weighted by molar-refractivity contribution is 7.03. The molecule has 0 saturated heterocycles. The molecule has 0 unspecified atom stereocenters. The minimum atomic E-state index is 0.716. The molecule has 3 heteroatoms. The zero-order valence-corrected chi connectivity index (χ0v) is 7.82. The van der Waals surface area contributed by atoms with Gasteiger partial charge in [-0.3, -0.25) is 0 Å². The SMILES string of the molecule is CC(C)CNCc1ccsn1. The second-order valence-electron chi connectivity index (χ2n) is 3.02.